The maximum absolute atomic E-state index is 12.2. The lowest BCUT2D eigenvalue weighted by atomic mass is 10.0. The molecule has 104 valence electrons. The summed E-state index contributed by atoms with van der Waals surface area (Å²) in [6.45, 7) is -0.0468. The molecule has 20 heavy (non-hydrogen) atoms. The van der Waals surface area contributed by atoms with E-state index in [1.54, 1.807) is 18.3 Å². The van der Waals surface area contributed by atoms with Gasteiger partial charge in [-0.15, -0.1) is 0 Å². The SMILES string of the molecule is O=C(COc1ccn[nH]1)c1cccc(CC2CC2)c1Cl. The van der Waals surface area contributed by atoms with E-state index in [1.807, 2.05) is 12.1 Å². The van der Waals surface area contributed by atoms with Crippen molar-refractivity contribution in [2.45, 2.75) is 19.3 Å². The van der Waals surface area contributed by atoms with E-state index >= 15 is 0 Å². The van der Waals surface area contributed by atoms with Gasteiger partial charge in [-0.05, 0) is 36.8 Å². The highest BCUT2D eigenvalue weighted by Crippen LogP contribution is 2.35. The fourth-order valence-electron chi connectivity index (χ4n) is 2.13. The lowest BCUT2D eigenvalue weighted by molar-refractivity contribution is 0.0918. The Bertz CT molecular complexity index is 606. The molecule has 1 fully saturated rings. The molecule has 2 aromatic rings. The molecule has 4 nitrogen and oxygen atoms in total. The normalized spacial score (nSPS) is 14.2. The van der Waals surface area contributed by atoms with Crippen molar-refractivity contribution in [2.75, 3.05) is 6.61 Å². The van der Waals surface area contributed by atoms with Gasteiger partial charge in [0.1, 0.15) is 0 Å². The zero-order valence-corrected chi connectivity index (χ0v) is 11.7. The fourth-order valence-corrected chi connectivity index (χ4v) is 2.44. The first-order valence-electron chi connectivity index (χ1n) is 6.67. The molecule has 0 radical (unpaired) electrons. The molecule has 1 aromatic heterocycles. The van der Waals surface area contributed by atoms with Gasteiger partial charge in [-0.3, -0.25) is 4.79 Å². The summed E-state index contributed by atoms with van der Waals surface area (Å²) in [5.41, 5.74) is 1.59. The summed E-state index contributed by atoms with van der Waals surface area (Å²) in [6.07, 6.45) is 5.05. The molecule has 0 spiro atoms. The van der Waals surface area contributed by atoms with Crippen LogP contribution in [-0.2, 0) is 6.42 Å². The van der Waals surface area contributed by atoms with Crippen LogP contribution in [0.15, 0.2) is 30.5 Å². The van der Waals surface area contributed by atoms with Gasteiger partial charge in [0.2, 0.25) is 11.7 Å². The number of nitrogens with zero attached hydrogens (tertiary/aromatic N) is 1. The van der Waals surface area contributed by atoms with Crippen molar-refractivity contribution in [2.24, 2.45) is 5.92 Å². The van der Waals surface area contributed by atoms with Crippen LogP contribution < -0.4 is 4.74 Å². The Morgan fingerprint density at radius 2 is 2.25 bits per heavy atom. The molecule has 1 aromatic carbocycles. The molecule has 0 amide bonds. The number of benzene rings is 1. The molecule has 5 heteroatoms. The lowest BCUT2D eigenvalue weighted by Crippen LogP contribution is -2.13. The Hall–Kier alpha value is -1.81. The van der Waals surface area contributed by atoms with Crippen molar-refractivity contribution in [3.8, 4) is 5.88 Å². The minimum absolute atomic E-state index is 0.0468. The number of aromatic amines is 1. The molecule has 1 N–H and O–H groups in total. The van der Waals surface area contributed by atoms with E-state index in [0.717, 1.165) is 17.9 Å². The lowest BCUT2D eigenvalue weighted by Gasteiger charge is -2.09. The Morgan fingerprint density at radius 3 is 2.95 bits per heavy atom. The van der Waals surface area contributed by atoms with Crippen LogP contribution in [0, 0.1) is 5.92 Å². The second-order valence-electron chi connectivity index (χ2n) is 5.06. The summed E-state index contributed by atoms with van der Waals surface area (Å²) in [6, 6.07) is 7.29. The van der Waals surface area contributed by atoms with E-state index in [4.69, 9.17) is 16.3 Å². The van der Waals surface area contributed by atoms with E-state index in [-0.39, 0.29) is 12.4 Å². The van der Waals surface area contributed by atoms with E-state index in [1.165, 1.54) is 12.8 Å². The summed E-state index contributed by atoms with van der Waals surface area (Å²) >= 11 is 6.34. The number of hydrogen-bond acceptors (Lipinski definition) is 3. The van der Waals surface area contributed by atoms with Crippen molar-refractivity contribution in [3.05, 3.63) is 46.6 Å². The number of ether oxygens (including phenoxy) is 1. The molecule has 3 rings (SSSR count). The van der Waals surface area contributed by atoms with Crippen LogP contribution in [0.5, 0.6) is 5.88 Å². The second-order valence-corrected chi connectivity index (χ2v) is 5.44. The number of halogens is 1. The van der Waals surface area contributed by atoms with Crippen LogP contribution >= 0.6 is 11.6 Å². The van der Waals surface area contributed by atoms with Crippen molar-refractivity contribution in [3.63, 3.8) is 0 Å². The van der Waals surface area contributed by atoms with Crippen LogP contribution in [0.25, 0.3) is 0 Å². The van der Waals surface area contributed by atoms with Gasteiger partial charge in [-0.2, -0.15) is 5.10 Å². The molecule has 0 atom stereocenters. The Labute approximate surface area is 122 Å². The molecule has 0 aliphatic heterocycles. The quantitative estimate of drug-likeness (QED) is 0.831. The number of ketones is 1. The molecular weight excluding hydrogens is 276 g/mol. The van der Waals surface area contributed by atoms with Crippen LogP contribution in [0.3, 0.4) is 0 Å². The summed E-state index contributed by atoms with van der Waals surface area (Å²) < 4.78 is 5.32. The van der Waals surface area contributed by atoms with E-state index in [9.17, 15) is 4.79 Å². The number of carbonyl (C=O) groups excluding carboxylic acids is 1. The van der Waals surface area contributed by atoms with Crippen LogP contribution in [0.1, 0.15) is 28.8 Å². The van der Waals surface area contributed by atoms with Gasteiger partial charge >= 0.3 is 0 Å². The van der Waals surface area contributed by atoms with Gasteiger partial charge < -0.3 is 4.74 Å². The third-order valence-electron chi connectivity index (χ3n) is 3.42. The third kappa shape index (κ3) is 3.02. The van der Waals surface area contributed by atoms with Crippen LogP contribution in [-0.4, -0.2) is 22.6 Å². The topological polar surface area (TPSA) is 55.0 Å². The average molecular weight is 291 g/mol. The number of aromatic nitrogens is 2. The summed E-state index contributed by atoms with van der Waals surface area (Å²) in [4.78, 5) is 12.2. The Kier molecular flexibility index (Phi) is 3.74. The second kappa shape index (κ2) is 5.67. The fraction of sp³-hybridized carbons (Fsp3) is 0.333. The molecule has 1 aliphatic carbocycles. The predicted molar refractivity (Wildman–Crippen MR) is 76.3 cm³/mol. The summed E-state index contributed by atoms with van der Waals surface area (Å²) in [5.74, 6) is 1.09. The van der Waals surface area contributed by atoms with Crippen molar-refractivity contribution >= 4 is 17.4 Å². The van der Waals surface area contributed by atoms with Crippen molar-refractivity contribution in [1.29, 1.82) is 0 Å². The number of nitrogens with one attached hydrogen (secondary N) is 1. The minimum atomic E-state index is -0.123. The largest absolute Gasteiger partial charge is 0.470 e. The zero-order valence-electron chi connectivity index (χ0n) is 10.9. The monoisotopic (exact) mass is 290 g/mol. The minimum Gasteiger partial charge on any atom is -0.470 e. The molecule has 0 saturated heterocycles. The highest BCUT2D eigenvalue weighted by molar-refractivity contribution is 6.34. The first-order chi connectivity index (χ1) is 9.74. The van der Waals surface area contributed by atoms with Crippen LogP contribution in [0.4, 0.5) is 0 Å². The van der Waals surface area contributed by atoms with E-state index in [2.05, 4.69) is 10.2 Å². The Balaban J connectivity index is 1.70. The van der Waals surface area contributed by atoms with Crippen molar-refractivity contribution in [1.82, 2.24) is 10.2 Å². The molecule has 1 aliphatic rings. The molecular formula is C15H15ClN2O2. The predicted octanol–water partition coefficient (Wildman–Crippen LogP) is 3.28. The average Bonchev–Trinajstić information content (AvgIpc) is 3.11. The maximum atomic E-state index is 12.2. The van der Waals surface area contributed by atoms with Gasteiger partial charge in [0.05, 0.1) is 11.2 Å². The summed E-state index contributed by atoms with van der Waals surface area (Å²) in [5, 5.41) is 6.97. The molecule has 0 unspecified atom stereocenters. The number of hydrogen-bond donors (Lipinski definition) is 1. The van der Waals surface area contributed by atoms with Gasteiger partial charge in [-0.1, -0.05) is 23.7 Å². The van der Waals surface area contributed by atoms with E-state index < -0.39 is 0 Å². The van der Waals surface area contributed by atoms with Crippen molar-refractivity contribution < 1.29 is 9.53 Å². The standard InChI is InChI=1S/C15H15ClN2O2/c16-15-11(8-10-4-5-10)2-1-3-12(15)13(19)9-20-14-6-7-17-18-14/h1-3,6-7,10H,4-5,8-9H2,(H,17,18). The number of H-pyrrole nitrogens is 1. The zero-order chi connectivity index (χ0) is 13.9. The molecule has 0 bridgehead atoms. The summed E-state index contributed by atoms with van der Waals surface area (Å²) in [7, 11) is 0. The highest BCUT2D eigenvalue weighted by atomic mass is 35.5. The first kappa shape index (κ1) is 13.2. The van der Waals surface area contributed by atoms with Gasteiger partial charge in [-0.25, -0.2) is 5.10 Å². The number of rotatable bonds is 6. The third-order valence-corrected chi connectivity index (χ3v) is 3.86. The first-order valence-corrected chi connectivity index (χ1v) is 7.04. The number of carbonyl (C=O) groups is 1. The van der Waals surface area contributed by atoms with Crippen LogP contribution in [0.2, 0.25) is 5.02 Å². The number of Topliss-reactive ketones (excluding diaryl/α,β-unsaturated/α-hetero) is 1. The van der Waals surface area contributed by atoms with Gasteiger partial charge in [0.15, 0.2) is 6.61 Å². The molecule has 1 heterocycles. The van der Waals surface area contributed by atoms with Gasteiger partial charge in [0.25, 0.3) is 0 Å². The van der Waals surface area contributed by atoms with E-state index in [0.29, 0.717) is 16.5 Å². The van der Waals surface area contributed by atoms with Gasteiger partial charge in [0, 0.05) is 11.6 Å². The maximum Gasteiger partial charge on any atom is 0.209 e. The smallest absolute Gasteiger partial charge is 0.209 e. The Morgan fingerprint density at radius 1 is 1.40 bits per heavy atom. The molecule has 1 saturated carbocycles. The highest BCUT2D eigenvalue weighted by Gasteiger charge is 2.23.